The molecule has 6 heteroatoms. The first-order chi connectivity index (χ1) is 14.5. The SMILES string of the molecule is CCCCC(CC)COC(=O)OC1CCCCC1OC(=O)OCCCCCC(C)C. The molecule has 0 heterocycles. The molecule has 0 spiro atoms. The molecule has 3 unspecified atom stereocenters. The highest BCUT2D eigenvalue weighted by Gasteiger charge is 2.32. The first-order valence-electron chi connectivity index (χ1n) is 12.1. The van der Waals surface area contributed by atoms with Crippen LogP contribution in [0.2, 0.25) is 0 Å². The van der Waals surface area contributed by atoms with Crippen molar-refractivity contribution in [2.45, 2.75) is 117 Å². The molecule has 0 N–H and O–H groups in total. The summed E-state index contributed by atoms with van der Waals surface area (Å²) in [7, 11) is 0. The van der Waals surface area contributed by atoms with Gasteiger partial charge in [-0.3, -0.25) is 0 Å². The van der Waals surface area contributed by atoms with Gasteiger partial charge >= 0.3 is 12.3 Å². The fourth-order valence-corrected chi connectivity index (χ4v) is 3.72. The van der Waals surface area contributed by atoms with Crippen molar-refractivity contribution in [3.8, 4) is 0 Å². The summed E-state index contributed by atoms with van der Waals surface area (Å²) in [6, 6.07) is 0. The van der Waals surface area contributed by atoms with Crippen LogP contribution in [0.1, 0.15) is 105 Å². The molecule has 30 heavy (non-hydrogen) atoms. The molecule has 176 valence electrons. The molecule has 1 aliphatic rings. The van der Waals surface area contributed by atoms with Crippen LogP contribution in [0.4, 0.5) is 9.59 Å². The van der Waals surface area contributed by atoms with Crippen LogP contribution in [0.5, 0.6) is 0 Å². The highest BCUT2D eigenvalue weighted by atomic mass is 16.8. The van der Waals surface area contributed by atoms with Gasteiger partial charge in [0.25, 0.3) is 0 Å². The molecule has 0 amide bonds. The number of unbranched alkanes of at least 4 members (excludes halogenated alkanes) is 3. The Bertz CT molecular complexity index is 465. The second-order valence-corrected chi connectivity index (χ2v) is 8.92. The van der Waals surface area contributed by atoms with Crippen LogP contribution in [-0.2, 0) is 18.9 Å². The zero-order valence-corrected chi connectivity index (χ0v) is 19.7. The van der Waals surface area contributed by atoms with Gasteiger partial charge in [-0.05, 0) is 50.4 Å². The first kappa shape index (κ1) is 26.6. The zero-order valence-electron chi connectivity index (χ0n) is 19.7. The van der Waals surface area contributed by atoms with Crippen LogP contribution in [0.3, 0.4) is 0 Å². The second kappa shape index (κ2) is 16.3. The third-order valence-electron chi connectivity index (χ3n) is 5.76. The molecular formula is C24H44O6. The minimum absolute atomic E-state index is 0.367. The van der Waals surface area contributed by atoms with Crippen LogP contribution >= 0.6 is 0 Å². The van der Waals surface area contributed by atoms with E-state index >= 15 is 0 Å². The van der Waals surface area contributed by atoms with Crippen LogP contribution in [0.15, 0.2) is 0 Å². The maximum atomic E-state index is 12.1. The van der Waals surface area contributed by atoms with Gasteiger partial charge in [-0.1, -0.05) is 66.2 Å². The van der Waals surface area contributed by atoms with Crippen LogP contribution in [0, 0.1) is 11.8 Å². The predicted octanol–water partition coefficient (Wildman–Crippen LogP) is 7.04. The van der Waals surface area contributed by atoms with E-state index in [0.717, 1.165) is 57.8 Å². The lowest BCUT2D eigenvalue weighted by molar-refractivity contribution is -0.0730. The average molecular weight is 429 g/mol. The van der Waals surface area contributed by atoms with Crippen LogP contribution in [-0.4, -0.2) is 37.7 Å². The highest BCUT2D eigenvalue weighted by molar-refractivity contribution is 5.61. The molecule has 1 aliphatic carbocycles. The Morgan fingerprint density at radius 2 is 1.47 bits per heavy atom. The molecule has 1 saturated carbocycles. The van der Waals surface area contributed by atoms with Crippen LogP contribution < -0.4 is 0 Å². The zero-order chi connectivity index (χ0) is 22.2. The molecule has 6 nitrogen and oxygen atoms in total. The predicted molar refractivity (Wildman–Crippen MR) is 118 cm³/mol. The molecule has 0 radical (unpaired) electrons. The number of carbonyl (C=O) groups excluding carboxylic acids is 2. The van der Waals surface area contributed by atoms with E-state index in [1.165, 1.54) is 6.42 Å². The van der Waals surface area contributed by atoms with Gasteiger partial charge in [-0.25, -0.2) is 9.59 Å². The largest absolute Gasteiger partial charge is 0.508 e. The lowest BCUT2D eigenvalue weighted by Crippen LogP contribution is -2.38. The molecule has 0 saturated heterocycles. The Balaban J connectivity index is 2.30. The fraction of sp³-hybridized carbons (Fsp3) is 0.917. The summed E-state index contributed by atoms with van der Waals surface area (Å²) in [6.45, 7) is 9.43. The number of rotatable bonds is 14. The van der Waals surface area contributed by atoms with E-state index in [-0.39, 0.29) is 0 Å². The van der Waals surface area contributed by atoms with Gasteiger partial charge in [-0.2, -0.15) is 0 Å². The monoisotopic (exact) mass is 428 g/mol. The average Bonchev–Trinajstić information content (AvgIpc) is 2.72. The van der Waals surface area contributed by atoms with E-state index in [1.807, 2.05) is 0 Å². The van der Waals surface area contributed by atoms with Crippen molar-refractivity contribution in [2.24, 2.45) is 11.8 Å². The molecule has 0 aromatic heterocycles. The lowest BCUT2D eigenvalue weighted by Gasteiger charge is -2.30. The van der Waals surface area contributed by atoms with Crippen molar-refractivity contribution in [1.29, 1.82) is 0 Å². The van der Waals surface area contributed by atoms with Crippen molar-refractivity contribution in [2.75, 3.05) is 13.2 Å². The summed E-state index contributed by atoms with van der Waals surface area (Å²) >= 11 is 0. The third-order valence-corrected chi connectivity index (χ3v) is 5.76. The van der Waals surface area contributed by atoms with Crippen molar-refractivity contribution < 1.29 is 28.5 Å². The van der Waals surface area contributed by atoms with Gasteiger partial charge in [0.1, 0.15) is 12.2 Å². The first-order valence-corrected chi connectivity index (χ1v) is 12.1. The number of hydrogen-bond acceptors (Lipinski definition) is 6. The third kappa shape index (κ3) is 12.3. The Morgan fingerprint density at radius 3 is 2.03 bits per heavy atom. The van der Waals surface area contributed by atoms with E-state index in [0.29, 0.717) is 37.9 Å². The van der Waals surface area contributed by atoms with E-state index < -0.39 is 24.5 Å². The fourth-order valence-electron chi connectivity index (χ4n) is 3.72. The molecule has 1 rings (SSSR count). The van der Waals surface area contributed by atoms with Crippen LogP contribution in [0.25, 0.3) is 0 Å². The van der Waals surface area contributed by atoms with Gasteiger partial charge in [0.2, 0.25) is 0 Å². The molecule has 0 bridgehead atoms. The normalized spacial score (nSPS) is 19.9. The van der Waals surface area contributed by atoms with E-state index in [9.17, 15) is 9.59 Å². The van der Waals surface area contributed by atoms with Gasteiger partial charge in [-0.15, -0.1) is 0 Å². The molecule has 1 fully saturated rings. The highest BCUT2D eigenvalue weighted by Crippen LogP contribution is 2.25. The Labute approximate surface area is 183 Å². The summed E-state index contributed by atoms with van der Waals surface area (Å²) in [5, 5.41) is 0. The lowest BCUT2D eigenvalue weighted by atomic mass is 9.95. The molecule has 0 aromatic carbocycles. The van der Waals surface area contributed by atoms with Crippen molar-refractivity contribution >= 4 is 12.3 Å². The molecule has 0 aliphatic heterocycles. The van der Waals surface area contributed by atoms with Gasteiger partial charge in [0.15, 0.2) is 0 Å². The number of carbonyl (C=O) groups is 2. The standard InChI is InChI=1S/C24H44O6/c1-5-7-14-20(6-2)18-28-24(26)30-22-16-11-10-15-21(22)29-23(25)27-17-12-8-9-13-19(3)4/h19-22H,5-18H2,1-4H3. The van der Waals surface area contributed by atoms with Gasteiger partial charge in [0.05, 0.1) is 13.2 Å². The maximum absolute atomic E-state index is 12.1. The number of hydrogen-bond donors (Lipinski definition) is 0. The van der Waals surface area contributed by atoms with Crippen molar-refractivity contribution in [1.82, 2.24) is 0 Å². The minimum Gasteiger partial charge on any atom is -0.434 e. The number of ether oxygens (including phenoxy) is 4. The summed E-state index contributed by atoms with van der Waals surface area (Å²) in [5.41, 5.74) is 0. The maximum Gasteiger partial charge on any atom is 0.508 e. The Hall–Kier alpha value is -1.46. The summed E-state index contributed by atoms with van der Waals surface area (Å²) in [5.74, 6) is 1.07. The molecule has 0 aromatic rings. The quantitative estimate of drug-likeness (QED) is 0.218. The van der Waals surface area contributed by atoms with Crippen molar-refractivity contribution in [3.63, 3.8) is 0 Å². The van der Waals surface area contributed by atoms with Gasteiger partial charge < -0.3 is 18.9 Å². The summed E-state index contributed by atoms with van der Waals surface area (Å²) < 4.78 is 21.5. The van der Waals surface area contributed by atoms with E-state index in [1.54, 1.807) is 0 Å². The van der Waals surface area contributed by atoms with Crippen molar-refractivity contribution in [3.05, 3.63) is 0 Å². The molecular weight excluding hydrogens is 384 g/mol. The Kier molecular flexibility index (Phi) is 14.4. The Morgan fingerprint density at radius 1 is 0.833 bits per heavy atom. The minimum atomic E-state index is -0.668. The second-order valence-electron chi connectivity index (χ2n) is 8.92. The molecule has 3 atom stereocenters. The van der Waals surface area contributed by atoms with E-state index in [4.69, 9.17) is 18.9 Å². The smallest absolute Gasteiger partial charge is 0.434 e. The van der Waals surface area contributed by atoms with Gasteiger partial charge in [0, 0.05) is 0 Å². The van der Waals surface area contributed by atoms with E-state index in [2.05, 4.69) is 27.7 Å². The topological polar surface area (TPSA) is 71.1 Å². The summed E-state index contributed by atoms with van der Waals surface area (Å²) in [6.07, 6.45) is 9.52. The summed E-state index contributed by atoms with van der Waals surface area (Å²) in [4.78, 5) is 24.2.